The van der Waals surface area contributed by atoms with Gasteiger partial charge in [0.05, 0.1) is 11.5 Å². The van der Waals surface area contributed by atoms with E-state index < -0.39 is 41.0 Å². The van der Waals surface area contributed by atoms with Crippen LogP contribution in [-0.4, -0.2) is 28.3 Å². The second-order valence-corrected chi connectivity index (χ2v) is 11.5. The van der Waals surface area contributed by atoms with Gasteiger partial charge in [0.2, 0.25) is 11.8 Å². The Balaban J connectivity index is 1.59. The highest BCUT2D eigenvalue weighted by atomic mass is 16.5. The molecule has 7 nitrogen and oxygen atoms in total. The average Bonchev–Trinajstić information content (AvgIpc) is 3.01. The fraction of sp³-hybridized carbons (Fsp3) is 0.270. The van der Waals surface area contributed by atoms with Gasteiger partial charge < -0.3 is 20.5 Å². The first-order chi connectivity index (χ1) is 21.2. The molecule has 0 saturated heterocycles. The monoisotopic (exact) mass is 590 g/mol. The number of para-hydroxylation sites is 3. The Morgan fingerprint density at radius 2 is 1.32 bits per heavy atom. The summed E-state index contributed by atoms with van der Waals surface area (Å²) in [5.74, 6) is -3.65. The van der Waals surface area contributed by atoms with E-state index in [2.05, 4.69) is 10.6 Å². The van der Waals surface area contributed by atoms with Crippen LogP contribution in [0.1, 0.15) is 49.8 Å². The van der Waals surface area contributed by atoms with Crippen molar-refractivity contribution in [3.8, 4) is 11.5 Å². The number of Topliss-reactive ketones (excluding diaryl/α,β-unsaturated/α-hetero) is 1. The van der Waals surface area contributed by atoms with Gasteiger partial charge in [0.25, 0.3) is 0 Å². The first-order valence-corrected chi connectivity index (χ1v) is 15.1. The molecule has 1 saturated carbocycles. The van der Waals surface area contributed by atoms with Crippen LogP contribution >= 0.6 is 0 Å². The third-order valence-corrected chi connectivity index (χ3v) is 8.37. The molecule has 0 spiro atoms. The Morgan fingerprint density at radius 1 is 0.773 bits per heavy atom. The van der Waals surface area contributed by atoms with E-state index in [9.17, 15) is 19.5 Å². The molecule has 7 heteroatoms. The van der Waals surface area contributed by atoms with Crippen molar-refractivity contribution in [3.05, 3.63) is 120 Å². The van der Waals surface area contributed by atoms with Gasteiger partial charge in [-0.05, 0) is 72.9 Å². The predicted octanol–water partition coefficient (Wildman–Crippen LogP) is 6.92. The van der Waals surface area contributed by atoms with Crippen LogP contribution in [0, 0.1) is 11.8 Å². The molecule has 1 aliphatic carbocycles. The number of rotatable bonds is 9. The van der Waals surface area contributed by atoms with Crippen molar-refractivity contribution in [1.82, 2.24) is 0 Å². The Kier molecular flexibility index (Phi) is 9.26. The topological polar surface area (TPSA) is 105 Å². The van der Waals surface area contributed by atoms with Crippen molar-refractivity contribution >= 4 is 29.0 Å². The van der Waals surface area contributed by atoms with Crippen LogP contribution in [-0.2, 0) is 27.2 Å². The van der Waals surface area contributed by atoms with Gasteiger partial charge in [0, 0.05) is 23.7 Å². The summed E-state index contributed by atoms with van der Waals surface area (Å²) in [6.45, 7) is 5.48. The number of hydrogen-bond donors (Lipinski definition) is 3. The fourth-order valence-corrected chi connectivity index (χ4v) is 6.22. The van der Waals surface area contributed by atoms with Crippen LogP contribution in [0.4, 0.5) is 11.4 Å². The number of hydrogen-bond acceptors (Lipinski definition) is 5. The van der Waals surface area contributed by atoms with Crippen molar-refractivity contribution < 1.29 is 24.2 Å². The third kappa shape index (κ3) is 6.58. The van der Waals surface area contributed by atoms with E-state index in [-0.39, 0.29) is 6.42 Å². The molecule has 3 N–H and O–H groups in total. The number of nitrogens with one attached hydrogen (secondary N) is 2. The molecule has 0 aliphatic heterocycles. The van der Waals surface area contributed by atoms with Gasteiger partial charge in [-0.3, -0.25) is 14.4 Å². The van der Waals surface area contributed by atoms with E-state index >= 15 is 0 Å². The van der Waals surface area contributed by atoms with E-state index in [0.29, 0.717) is 41.3 Å². The number of aryl methyl sites for hydroxylation is 2. The molecule has 0 bridgehead atoms. The van der Waals surface area contributed by atoms with E-state index in [1.54, 1.807) is 30.3 Å². The minimum atomic E-state index is -1.72. The molecule has 44 heavy (non-hydrogen) atoms. The van der Waals surface area contributed by atoms with Crippen LogP contribution in [0.2, 0.25) is 0 Å². The predicted molar refractivity (Wildman–Crippen MR) is 172 cm³/mol. The lowest BCUT2D eigenvalue weighted by Crippen LogP contribution is -2.56. The van der Waals surface area contributed by atoms with Crippen LogP contribution < -0.4 is 15.4 Å². The number of carbonyl (C=O) groups is 3. The SMILES string of the molecule is CCc1ccccc1NC(=O)C1C(=O)CC(C)(O)C(C(=O)Nc2ccccc2CC)C1c1cccc(Oc2ccccc2)c1. The smallest absolute Gasteiger partial charge is 0.235 e. The van der Waals surface area contributed by atoms with Gasteiger partial charge in [-0.2, -0.15) is 0 Å². The summed E-state index contributed by atoms with van der Waals surface area (Å²) in [7, 11) is 0. The maximum Gasteiger partial charge on any atom is 0.235 e. The van der Waals surface area contributed by atoms with Gasteiger partial charge in [0.1, 0.15) is 23.2 Å². The Labute approximate surface area is 258 Å². The summed E-state index contributed by atoms with van der Waals surface area (Å²) < 4.78 is 6.08. The molecular weight excluding hydrogens is 552 g/mol. The second kappa shape index (κ2) is 13.3. The highest BCUT2D eigenvalue weighted by molar-refractivity contribution is 6.10. The lowest BCUT2D eigenvalue weighted by Gasteiger charge is -2.44. The Bertz CT molecular complexity index is 1650. The maximum absolute atomic E-state index is 14.2. The summed E-state index contributed by atoms with van der Waals surface area (Å²) in [6.07, 6.45) is 1.04. The van der Waals surface area contributed by atoms with E-state index in [1.807, 2.05) is 86.6 Å². The Morgan fingerprint density at radius 3 is 1.93 bits per heavy atom. The average molecular weight is 591 g/mol. The zero-order valence-electron chi connectivity index (χ0n) is 25.2. The van der Waals surface area contributed by atoms with Crippen molar-refractivity contribution in [2.24, 2.45) is 11.8 Å². The molecule has 4 aromatic carbocycles. The number of carbonyl (C=O) groups excluding carboxylic acids is 3. The van der Waals surface area contributed by atoms with Gasteiger partial charge >= 0.3 is 0 Å². The Hall–Kier alpha value is -4.75. The highest BCUT2D eigenvalue weighted by Gasteiger charge is 2.56. The van der Waals surface area contributed by atoms with Crippen molar-refractivity contribution in [2.45, 2.75) is 51.6 Å². The molecule has 0 radical (unpaired) electrons. The molecule has 0 heterocycles. The molecule has 1 aliphatic rings. The number of ketones is 1. The van der Waals surface area contributed by atoms with E-state index in [4.69, 9.17) is 4.74 Å². The summed E-state index contributed by atoms with van der Waals surface area (Å²) in [4.78, 5) is 42.1. The van der Waals surface area contributed by atoms with Crippen molar-refractivity contribution in [1.29, 1.82) is 0 Å². The van der Waals surface area contributed by atoms with Gasteiger partial charge in [-0.1, -0.05) is 80.6 Å². The van der Waals surface area contributed by atoms with Crippen molar-refractivity contribution in [2.75, 3.05) is 10.6 Å². The highest BCUT2D eigenvalue weighted by Crippen LogP contribution is 2.47. The molecule has 1 fully saturated rings. The summed E-state index contributed by atoms with van der Waals surface area (Å²) >= 11 is 0. The second-order valence-electron chi connectivity index (χ2n) is 11.5. The first kappa shape index (κ1) is 30.7. The standard InChI is InChI=1S/C37H38N2O5/c1-4-24-14-9-11-20-29(24)38-35(41)33-31(40)23-37(3,43)34(36(42)39-30-21-12-10-15-25(30)5-2)32(33)26-16-13-19-28(22-26)44-27-17-7-6-8-18-27/h6-22,32-34,43H,4-5,23H2,1-3H3,(H,38,41)(H,39,42). The quantitative estimate of drug-likeness (QED) is 0.184. The molecule has 5 rings (SSSR count). The molecule has 4 aromatic rings. The molecule has 226 valence electrons. The molecule has 0 aromatic heterocycles. The van der Waals surface area contributed by atoms with Crippen LogP contribution in [0.15, 0.2) is 103 Å². The van der Waals surface area contributed by atoms with Crippen LogP contribution in [0.3, 0.4) is 0 Å². The number of aliphatic hydroxyl groups is 1. The summed E-state index contributed by atoms with van der Waals surface area (Å²) in [5, 5.41) is 17.7. The molecule has 4 unspecified atom stereocenters. The summed E-state index contributed by atoms with van der Waals surface area (Å²) in [6, 6.07) is 31.2. The zero-order chi connectivity index (χ0) is 31.3. The summed E-state index contributed by atoms with van der Waals surface area (Å²) in [5.41, 5.74) is 1.93. The van der Waals surface area contributed by atoms with E-state index in [0.717, 1.165) is 11.1 Å². The number of anilines is 2. The minimum absolute atomic E-state index is 0.343. The number of benzene rings is 4. The normalized spacial score (nSPS) is 21.4. The van der Waals surface area contributed by atoms with Crippen LogP contribution in [0.25, 0.3) is 0 Å². The fourth-order valence-electron chi connectivity index (χ4n) is 6.22. The molecule has 4 atom stereocenters. The largest absolute Gasteiger partial charge is 0.457 e. The van der Waals surface area contributed by atoms with Gasteiger partial charge in [-0.15, -0.1) is 0 Å². The number of ether oxygens (including phenoxy) is 1. The zero-order valence-corrected chi connectivity index (χ0v) is 25.2. The lowest BCUT2D eigenvalue weighted by atomic mass is 9.61. The molecule has 2 amide bonds. The first-order valence-electron chi connectivity index (χ1n) is 15.1. The lowest BCUT2D eigenvalue weighted by molar-refractivity contribution is -0.150. The minimum Gasteiger partial charge on any atom is -0.457 e. The maximum atomic E-state index is 14.2. The number of amides is 2. The third-order valence-electron chi connectivity index (χ3n) is 8.37. The van der Waals surface area contributed by atoms with E-state index in [1.165, 1.54) is 6.92 Å². The van der Waals surface area contributed by atoms with Crippen molar-refractivity contribution in [3.63, 3.8) is 0 Å². The van der Waals surface area contributed by atoms with Gasteiger partial charge in [0.15, 0.2) is 0 Å². The van der Waals surface area contributed by atoms with Gasteiger partial charge in [-0.25, -0.2) is 0 Å². The molecular formula is C37H38N2O5. The van der Waals surface area contributed by atoms with Crippen LogP contribution in [0.5, 0.6) is 11.5 Å².